The van der Waals surface area contributed by atoms with Crippen molar-refractivity contribution in [1.29, 1.82) is 5.26 Å². The lowest BCUT2D eigenvalue weighted by Gasteiger charge is -2.32. The number of hydrogen-bond acceptors (Lipinski definition) is 6. The van der Waals surface area contributed by atoms with Gasteiger partial charge in [0.25, 0.3) is 0 Å². The summed E-state index contributed by atoms with van der Waals surface area (Å²) in [7, 11) is 1.75. The Morgan fingerprint density at radius 1 is 1.42 bits per heavy atom. The third-order valence-electron chi connectivity index (χ3n) is 4.28. The van der Waals surface area contributed by atoms with E-state index in [2.05, 4.69) is 16.0 Å². The predicted molar refractivity (Wildman–Crippen MR) is 88.5 cm³/mol. The highest BCUT2D eigenvalue weighted by Crippen LogP contribution is 2.28. The van der Waals surface area contributed by atoms with E-state index in [0.29, 0.717) is 49.2 Å². The minimum absolute atomic E-state index is 0.0530. The van der Waals surface area contributed by atoms with Crippen molar-refractivity contribution in [3.05, 3.63) is 36.0 Å². The fourth-order valence-electron chi connectivity index (χ4n) is 2.97. The Bertz CT molecular complexity index is 757. The van der Waals surface area contributed by atoms with Gasteiger partial charge in [-0.15, -0.1) is 0 Å². The van der Waals surface area contributed by atoms with Crippen LogP contribution in [0.15, 0.2) is 28.8 Å². The molecule has 7 nitrogen and oxygen atoms in total. The maximum absolute atomic E-state index is 12.6. The van der Waals surface area contributed by atoms with Crippen LogP contribution in [0.1, 0.15) is 24.4 Å². The maximum Gasteiger partial charge on any atom is 0.234 e. The number of oxazole rings is 1. The zero-order valence-corrected chi connectivity index (χ0v) is 13.8. The van der Waals surface area contributed by atoms with Crippen LogP contribution in [-0.2, 0) is 4.79 Å². The Hall–Kier alpha value is -2.88. The first kappa shape index (κ1) is 16.0. The summed E-state index contributed by atoms with van der Waals surface area (Å²) in [4.78, 5) is 24.5. The highest BCUT2D eigenvalue weighted by Gasteiger charge is 2.30. The van der Waals surface area contributed by atoms with Gasteiger partial charge in [-0.3, -0.25) is 9.69 Å². The third-order valence-corrected chi connectivity index (χ3v) is 4.28. The number of pyridine rings is 1. The molecule has 1 aliphatic heterocycles. The molecule has 2 aromatic heterocycles. The molecule has 3 heterocycles. The molecule has 0 radical (unpaired) electrons. The zero-order valence-electron chi connectivity index (χ0n) is 13.8. The number of nitrogens with zero attached hydrogens (tertiary/aromatic N) is 5. The van der Waals surface area contributed by atoms with Crippen LogP contribution < -0.4 is 9.80 Å². The van der Waals surface area contributed by atoms with E-state index in [0.717, 1.165) is 0 Å². The quantitative estimate of drug-likeness (QED) is 0.859. The van der Waals surface area contributed by atoms with Crippen molar-refractivity contribution in [3.63, 3.8) is 0 Å². The van der Waals surface area contributed by atoms with Crippen LogP contribution in [0.25, 0.3) is 0 Å². The molecule has 0 atom stereocenters. The second-order valence-electron chi connectivity index (χ2n) is 5.84. The minimum atomic E-state index is -0.0530. The highest BCUT2D eigenvalue weighted by atomic mass is 16.4. The van der Waals surface area contributed by atoms with Crippen LogP contribution >= 0.6 is 0 Å². The Labute approximate surface area is 140 Å². The van der Waals surface area contributed by atoms with Gasteiger partial charge in [-0.05, 0) is 25.0 Å². The van der Waals surface area contributed by atoms with Gasteiger partial charge in [0.15, 0.2) is 5.89 Å². The molecule has 1 aliphatic rings. The molecule has 1 fully saturated rings. The van der Waals surface area contributed by atoms with Gasteiger partial charge in [-0.2, -0.15) is 5.26 Å². The monoisotopic (exact) mass is 325 g/mol. The molecule has 0 unspecified atom stereocenters. The molecule has 0 N–H and O–H groups in total. The maximum atomic E-state index is 12.6. The average molecular weight is 325 g/mol. The summed E-state index contributed by atoms with van der Waals surface area (Å²) in [6.07, 6.45) is 3.10. The molecule has 0 bridgehead atoms. The van der Waals surface area contributed by atoms with Gasteiger partial charge < -0.3 is 9.32 Å². The van der Waals surface area contributed by atoms with Gasteiger partial charge in [0.2, 0.25) is 17.5 Å². The molecular formula is C17H19N5O2. The van der Waals surface area contributed by atoms with Crippen LogP contribution in [0.3, 0.4) is 0 Å². The molecule has 1 saturated heterocycles. The van der Waals surface area contributed by atoms with E-state index in [9.17, 15) is 4.79 Å². The zero-order chi connectivity index (χ0) is 17.1. The molecule has 1 amide bonds. The Morgan fingerprint density at radius 2 is 2.17 bits per heavy atom. The van der Waals surface area contributed by atoms with Crippen molar-refractivity contribution in [2.24, 2.45) is 5.92 Å². The van der Waals surface area contributed by atoms with Crippen LogP contribution in [0.5, 0.6) is 0 Å². The van der Waals surface area contributed by atoms with Crippen molar-refractivity contribution in [3.8, 4) is 6.07 Å². The van der Waals surface area contributed by atoms with Gasteiger partial charge in [-0.1, -0.05) is 6.07 Å². The average Bonchev–Trinajstić information content (AvgIpc) is 3.02. The van der Waals surface area contributed by atoms with Gasteiger partial charge in [0, 0.05) is 39.2 Å². The molecule has 124 valence electrons. The summed E-state index contributed by atoms with van der Waals surface area (Å²) in [6.45, 7) is 3.05. The Morgan fingerprint density at radius 3 is 2.79 bits per heavy atom. The van der Waals surface area contributed by atoms with Gasteiger partial charge in [0.1, 0.15) is 11.9 Å². The first-order valence-corrected chi connectivity index (χ1v) is 7.91. The molecule has 0 saturated carbocycles. The van der Waals surface area contributed by atoms with Crippen molar-refractivity contribution in [1.82, 2.24) is 9.97 Å². The van der Waals surface area contributed by atoms with Gasteiger partial charge >= 0.3 is 0 Å². The fourth-order valence-corrected chi connectivity index (χ4v) is 2.97. The first-order valence-electron chi connectivity index (χ1n) is 7.91. The van der Waals surface area contributed by atoms with Crippen molar-refractivity contribution in [2.45, 2.75) is 19.8 Å². The van der Waals surface area contributed by atoms with E-state index in [1.54, 1.807) is 25.1 Å². The van der Waals surface area contributed by atoms with Gasteiger partial charge in [0.05, 0.1) is 0 Å². The number of piperidine rings is 1. The number of rotatable bonds is 3. The summed E-state index contributed by atoms with van der Waals surface area (Å²) in [5.74, 6) is 1.67. The van der Waals surface area contributed by atoms with E-state index in [-0.39, 0.29) is 11.8 Å². The van der Waals surface area contributed by atoms with Crippen molar-refractivity contribution < 1.29 is 9.21 Å². The van der Waals surface area contributed by atoms with E-state index < -0.39 is 0 Å². The number of hydrogen-bond donors (Lipinski definition) is 0. The molecule has 2 aromatic rings. The predicted octanol–water partition coefficient (Wildman–Crippen LogP) is 2.13. The van der Waals surface area contributed by atoms with Crippen LogP contribution in [0, 0.1) is 24.2 Å². The number of carbonyl (C=O) groups is 1. The molecule has 3 rings (SSSR count). The molecule has 24 heavy (non-hydrogen) atoms. The van der Waals surface area contributed by atoms with E-state index in [1.165, 1.54) is 0 Å². The molecule has 0 spiro atoms. The largest absolute Gasteiger partial charge is 0.424 e. The number of aryl methyl sites for hydroxylation is 1. The van der Waals surface area contributed by atoms with E-state index in [4.69, 9.17) is 9.68 Å². The van der Waals surface area contributed by atoms with E-state index >= 15 is 0 Å². The van der Waals surface area contributed by atoms with Gasteiger partial charge in [-0.25, -0.2) is 9.97 Å². The topological polar surface area (TPSA) is 86.3 Å². The number of amides is 1. The highest BCUT2D eigenvalue weighted by molar-refractivity contribution is 5.93. The molecular weight excluding hydrogens is 306 g/mol. The van der Waals surface area contributed by atoms with Crippen LogP contribution in [0.2, 0.25) is 0 Å². The Balaban J connectivity index is 1.65. The SMILES string of the molecule is Cc1nc(C#N)c(N2CCC(C(=O)N(C)c3ccccn3)CC2)o1. The number of anilines is 2. The number of carbonyl (C=O) groups excluding carboxylic acids is 1. The fraction of sp³-hybridized carbons (Fsp3) is 0.412. The lowest BCUT2D eigenvalue weighted by atomic mass is 9.95. The second-order valence-corrected chi connectivity index (χ2v) is 5.84. The number of nitriles is 1. The lowest BCUT2D eigenvalue weighted by Crippen LogP contribution is -2.41. The smallest absolute Gasteiger partial charge is 0.234 e. The van der Waals surface area contributed by atoms with Crippen molar-refractivity contribution >= 4 is 17.6 Å². The summed E-state index contributed by atoms with van der Waals surface area (Å²) in [6, 6.07) is 7.57. The normalized spacial score (nSPS) is 15.1. The molecule has 0 aliphatic carbocycles. The van der Waals surface area contributed by atoms with Crippen LogP contribution in [0.4, 0.5) is 11.7 Å². The molecule has 7 heteroatoms. The Kier molecular flexibility index (Phi) is 4.47. The summed E-state index contributed by atoms with van der Waals surface area (Å²) >= 11 is 0. The third kappa shape index (κ3) is 3.08. The van der Waals surface area contributed by atoms with Crippen LogP contribution in [-0.4, -0.2) is 36.0 Å². The summed E-state index contributed by atoms with van der Waals surface area (Å²) in [5, 5.41) is 9.13. The molecule has 0 aromatic carbocycles. The first-order chi connectivity index (χ1) is 11.6. The number of aromatic nitrogens is 2. The minimum Gasteiger partial charge on any atom is -0.424 e. The summed E-state index contributed by atoms with van der Waals surface area (Å²) < 4.78 is 5.54. The van der Waals surface area contributed by atoms with Crippen molar-refractivity contribution in [2.75, 3.05) is 29.9 Å². The summed E-state index contributed by atoms with van der Waals surface area (Å²) in [5.41, 5.74) is 0.308. The lowest BCUT2D eigenvalue weighted by molar-refractivity contribution is -0.122. The second kappa shape index (κ2) is 6.71. The standard InChI is InChI=1S/C17H19N5O2/c1-12-20-14(11-18)17(24-12)22-9-6-13(7-10-22)16(23)21(2)15-5-3-4-8-19-15/h3-5,8,13H,6-7,9-10H2,1-2H3. The van der Waals surface area contributed by atoms with E-state index in [1.807, 2.05) is 23.1 Å².